The van der Waals surface area contributed by atoms with E-state index in [0.717, 1.165) is 0 Å². The molecule has 0 saturated carbocycles. The van der Waals surface area contributed by atoms with E-state index < -0.39 is 40.7 Å². The third-order valence-electron chi connectivity index (χ3n) is 8.73. The molecule has 0 unspecified atom stereocenters. The third kappa shape index (κ3) is 6.35. The van der Waals surface area contributed by atoms with Crippen molar-refractivity contribution in [1.29, 1.82) is 0 Å². The fourth-order valence-electron chi connectivity index (χ4n) is 6.30. The molecule has 3 atom stereocenters. The number of fused-ring (bicyclic) bond motifs is 1. The molecule has 0 bridgehead atoms. The molecule has 2 aliphatic rings. The molecule has 0 saturated heterocycles. The number of rotatable bonds is 11. The van der Waals surface area contributed by atoms with Gasteiger partial charge in [-0.15, -0.1) is 0 Å². The van der Waals surface area contributed by atoms with Crippen molar-refractivity contribution in [3.8, 4) is 28.7 Å². The predicted molar refractivity (Wildman–Crippen MR) is 178 cm³/mol. The van der Waals surface area contributed by atoms with Crippen LogP contribution >= 0.6 is 11.6 Å². The number of esters is 1. The van der Waals surface area contributed by atoms with Gasteiger partial charge in [-0.05, 0) is 42.0 Å². The second-order valence-corrected chi connectivity index (χ2v) is 12.0. The van der Waals surface area contributed by atoms with Crippen LogP contribution in [0.5, 0.6) is 28.7 Å². The van der Waals surface area contributed by atoms with E-state index in [1.807, 2.05) is 0 Å². The van der Waals surface area contributed by atoms with Gasteiger partial charge in [0.25, 0.3) is 0 Å². The van der Waals surface area contributed by atoms with Crippen molar-refractivity contribution in [3.05, 3.63) is 81.6 Å². The van der Waals surface area contributed by atoms with Gasteiger partial charge in [-0.2, -0.15) is 0 Å². The highest BCUT2D eigenvalue weighted by Crippen LogP contribution is 2.56. The maximum Gasteiger partial charge on any atom is 0.306 e. The maximum atomic E-state index is 14.3. The highest BCUT2D eigenvalue weighted by molar-refractivity contribution is 6.35. The molecule has 1 aliphatic carbocycles. The lowest BCUT2D eigenvalue weighted by atomic mass is 9.69. The number of aliphatic hydroxyl groups excluding tert-OH is 1. The fraction of sp³-hybridized carbons (Fsp3) is 0.333. The summed E-state index contributed by atoms with van der Waals surface area (Å²) in [6.45, 7) is 3.06. The first-order valence-corrected chi connectivity index (χ1v) is 15.7. The summed E-state index contributed by atoms with van der Waals surface area (Å²) in [4.78, 5) is 52.3. The van der Waals surface area contributed by atoms with Gasteiger partial charge in [0.15, 0.2) is 17.3 Å². The standard InChI is InChI=1S/C36H36ClNO11/c1-18-13-25(40)30(34(42)36(18)35(43)31-27(45-4)16-28(46-5)32(37)33(31)49-36)24(15-29(41)47-6)20-7-12-26(44-3)21(14-20)17-48-23-10-8-22(9-11-23)38-19(2)39/h7-12,14,16,18,24,42H,13,15,17H2,1-6H3,(H,38,39)/t18-,24-,36+/m1/s1. The number of ether oxygens (including phenoxy) is 6. The summed E-state index contributed by atoms with van der Waals surface area (Å²) in [5, 5.41) is 14.8. The van der Waals surface area contributed by atoms with Gasteiger partial charge in [-0.1, -0.05) is 24.6 Å². The number of allylic oxidation sites excluding steroid dienone is 1. The number of hydrogen-bond donors (Lipinski definition) is 2. The molecule has 5 rings (SSSR count). The molecule has 49 heavy (non-hydrogen) atoms. The van der Waals surface area contributed by atoms with Gasteiger partial charge in [-0.3, -0.25) is 19.2 Å². The lowest BCUT2D eigenvalue weighted by Gasteiger charge is -2.38. The zero-order valence-corrected chi connectivity index (χ0v) is 28.6. The largest absolute Gasteiger partial charge is 0.507 e. The van der Waals surface area contributed by atoms with Crippen molar-refractivity contribution < 1.29 is 52.7 Å². The number of nitrogens with one attached hydrogen (secondary N) is 1. The Morgan fingerprint density at radius 1 is 1.00 bits per heavy atom. The van der Waals surface area contributed by atoms with E-state index >= 15 is 0 Å². The zero-order valence-electron chi connectivity index (χ0n) is 27.8. The normalized spacial score (nSPS) is 18.8. The second kappa shape index (κ2) is 14.1. The van der Waals surface area contributed by atoms with Crippen LogP contribution in [0.2, 0.25) is 5.02 Å². The van der Waals surface area contributed by atoms with Gasteiger partial charge < -0.3 is 38.8 Å². The highest BCUT2D eigenvalue weighted by Gasteiger charge is 2.61. The minimum Gasteiger partial charge on any atom is -0.507 e. The number of halogens is 1. The summed E-state index contributed by atoms with van der Waals surface area (Å²) in [7, 11) is 5.47. The molecule has 258 valence electrons. The molecule has 0 aromatic heterocycles. The summed E-state index contributed by atoms with van der Waals surface area (Å²) in [5.41, 5.74) is -0.584. The number of Topliss-reactive ketones (excluding diaryl/α,β-unsaturated/α-hetero) is 2. The van der Waals surface area contributed by atoms with E-state index in [9.17, 15) is 24.3 Å². The van der Waals surface area contributed by atoms with Crippen molar-refractivity contribution in [3.63, 3.8) is 0 Å². The van der Waals surface area contributed by atoms with E-state index in [1.54, 1.807) is 49.4 Å². The molecule has 3 aromatic carbocycles. The molecule has 1 spiro atoms. The van der Waals surface area contributed by atoms with Gasteiger partial charge in [0.1, 0.15) is 40.2 Å². The van der Waals surface area contributed by atoms with Crippen LogP contribution in [0.1, 0.15) is 54.1 Å². The van der Waals surface area contributed by atoms with Crippen LogP contribution in [0.15, 0.2) is 59.9 Å². The van der Waals surface area contributed by atoms with Crippen LogP contribution < -0.4 is 29.0 Å². The Labute approximate surface area is 287 Å². The molecule has 13 heteroatoms. The first kappa shape index (κ1) is 35.1. The first-order valence-electron chi connectivity index (χ1n) is 15.3. The van der Waals surface area contributed by atoms with Crippen LogP contribution in [0.4, 0.5) is 5.69 Å². The summed E-state index contributed by atoms with van der Waals surface area (Å²) >= 11 is 6.58. The number of aliphatic hydroxyl groups is 1. The van der Waals surface area contributed by atoms with Crippen LogP contribution in [0.3, 0.4) is 0 Å². The molecule has 1 aliphatic heterocycles. The van der Waals surface area contributed by atoms with Crippen molar-refractivity contribution in [1.82, 2.24) is 0 Å². The van der Waals surface area contributed by atoms with E-state index in [-0.39, 0.29) is 58.8 Å². The van der Waals surface area contributed by atoms with Gasteiger partial charge in [0, 0.05) is 48.1 Å². The number of methoxy groups -OCH3 is 4. The maximum absolute atomic E-state index is 14.3. The second-order valence-electron chi connectivity index (χ2n) is 11.7. The Kier molecular flexibility index (Phi) is 10.1. The quantitative estimate of drug-likeness (QED) is 0.228. The molecule has 3 aromatic rings. The number of amides is 1. The van der Waals surface area contributed by atoms with Crippen molar-refractivity contribution >= 4 is 40.7 Å². The number of carbonyl (C=O) groups excluding carboxylic acids is 4. The average molecular weight is 694 g/mol. The predicted octanol–water partition coefficient (Wildman–Crippen LogP) is 5.99. The Morgan fingerprint density at radius 3 is 2.29 bits per heavy atom. The molecule has 12 nitrogen and oxygen atoms in total. The van der Waals surface area contributed by atoms with Gasteiger partial charge in [0.2, 0.25) is 17.3 Å². The van der Waals surface area contributed by atoms with Gasteiger partial charge >= 0.3 is 5.97 Å². The lowest BCUT2D eigenvalue weighted by Crippen LogP contribution is -2.53. The number of ketones is 2. The SMILES string of the molecule is COC(=O)C[C@@H](C1=C(O)[C@@]2(Oc3c(Cl)c(OC)cc(OC)c3C2=O)[C@H](C)CC1=O)c1ccc(OC)c(COc2ccc(NC(C)=O)cc2)c1. The van der Waals surface area contributed by atoms with E-state index in [4.69, 9.17) is 40.0 Å². The molecular weight excluding hydrogens is 658 g/mol. The molecule has 0 fully saturated rings. The first-order chi connectivity index (χ1) is 23.4. The molecular formula is C36H36ClNO11. The minimum absolute atomic E-state index is 0.00101. The molecule has 1 amide bonds. The van der Waals surface area contributed by atoms with Crippen LogP contribution in [0, 0.1) is 5.92 Å². The van der Waals surface area contributed by atoms with E-state index in [2.05, 4.69) is 5.32 Å². The van der Waals surface area contributed by atoms with Crippen LogP contribution in [-0.4, -0.2) is 62.6 Å². The molecule has 2 N–H and O–H groups in total. The third-order valence-corrected chi connectivity index (χ3v) is 9.09. The lowest BCUT2D eigenvalue weighted by molar-refractivity contribution is -0.141. The Bertz CT molecular complexity index is 1850. The van der Waals surface area contributed by atoms with Crippen LogP contribution in [-0.2, 0) is 25.7 Å². The number of benzene rings is 3. The number of carbonyl (C=O) groups is 4. The summed E-state index contributed by atoms with van der Waals surface area (Å²) in [5.74, 6) is -3.26. The number of hydrogen-bond acceptors (Lipinski definition) is 11. The number of anilines is 1. The summed E-state index contributed by atoms with van der Waals surface area (Å²) in [6.07, 6.45) is -0.531. The monoisotopic (exact) mass is 693 g/mol. The minimum atomic E-state index is -2.04. The summed E-state index contributed by atoms with van der Waals surface area (Å²) < 4.78 is 33.6. The van der Waals surface area contributed by atoms with Crippen molar-refractivity contribution in [2.75, 3.05) is 33.8 Å². The summed E-state index contributed by atoms with van der Waals surface area (Å²) in [6, 6.07) is 13.2. The Hall–Kier alpha value is -5.23. The average Bonchev–Trinajstić information content (AvgIpc) is 3.40. The fourth-order valence-corrected chi connectivity index (χ4v) is 6.57. The molecule has 1 heterocycles. The molecule has 0 radical (unpaired) electrons. The smallest absolute Gasteiger partial charge is 0.306 e. The van der Waals surface area contributed by atoms with Gasteiger partial charge in [-0.25, -0.2) is 0 Å². The van der Waals surface area contributed by atoms with Crippen molar-refractivity contribution in [2.45, 2.75) is 44.8 Å². The van der Waals surface area contributed by atoms with Gasteiger partial charge in [0.05, 0.1) is 34.9 Å². The zero-order chi connectivity index (χ0) is 35.6. The highest BCUT2D eigenvalue weighted by atomic mass is 35.5. The van der Waals surface area contributed by atoms with Crippen LogP contribution in [0.25, 0.3) is 0 Å². The van der Waals surface area contributed by atoms with E-state index in [1.165, 1.54) is 41.4 Å². The van der Waals surface area contributed by atoms with E-state index in [0.29, 0.717) is 28.3 Å². The Morgan fingerprint density at radius 2 is 1.67 bits per heavy atom. The Balaban J connectivity index is 1.59. The van der Waals surface area contributed by atoms with Crippen molar-refractivity contribution in [2.24, 2.45) is 5.92 Å². The topological polar surface area (TPSA) is 156 Å².